The molecule has 1 fully saturated rings. The van der Waals surface area contributed by atoms with E-state index in [0.29, 0.717) is 18.1 Å². The molecule has 0 aliphatic carbocycles. The van der Waals surface area contributed by atoms with Crippen molar-refractivity contribution in [1.82, 2.24) is 19.7 Å². The Kier molecular flexibility index (Phi) is 5.01. The van der Waals surface area contributed by atoms with E-state index in [9.17, 15) is 23.5 Å². The fourth-order valence-corrected chi connectivity index (χ4v) is 5.89. The van der Waals surface area contributed by atoms with Crippen molar-refractivity contribution in [2.24, 2.45) is 0 Å². The summed E-state index contributed by atoms with van der Waals surface area (Å²) in [6.45, 7) is 1.06. The molecular weight excluding hydrogens is 446 g/mol. The van der Waals surface area contributed by atoms with Crippen molar-refractivity contribution >= 4 is 29.0 Å². The Hall–Kier alpha value is -2.79. The summed E-state index contributed by atoms with van der Waals surface area (Å²) < 4.78 is 28.7. The van der Waals surface area contributed by atoms with Crippen LogP contribution in [0.25, 0.3) is 10.6 Å². The Bertz CT molecular complexity index is 1260. The van der Waals surface area contributed by atoms with Crippen LogP contribution in [-0.2, 0) is 13.0 Å². The average Bonchev–Trinajstić information content (AvgIpc) is 3.21. The lowest BCUT2D eigenvalue weighted by molar-refractivity contribution is 0.0663. The summed E-state index contributed by atoms with van der Waals surface area (Å²) in [6.07, 6.45) is 2.50. The predicted octanol–water partition coefficient (Wildman–Crippen LogP) is 2.86. The first-order chi connectivity index (χ1) is 14.9. The van der Waals surface area contributed by atoms with Crippen LogP contribution in [0.1, 0.15) is 27.5 Å². The number of carbonyl (C=O) groups is 1. The molecule has 0 spiro atoms. The van der Waals surface area contributed by atoms with Crippen molar-refractivity contribution in [1.29, 1.82) is 0 Å². The van der Waals surface area contributed by atoms with E-state index < -0.39 is 22.8 Å². The van der Waals surface area contributed by atoms with Crippen LogP contribution in [-0.4, -0.2) is 48.3 Å². The SMILES string of the molecule is O=C1c2c(O)c(=O)c(-c3nnc(Cc4ccc(F)cc4F)s3)cn2CC2SCCCN12. The average molecular weight is 463 g/mol. The monoisotopic (exact) mass is 462 g/mol. The molecule has 4 heterocycles. The Morgan fingerprint density at radius 3 is 2.87 bits per heavy atom. The number of benzene rings is 1. The summed E-state index contributed by atoms with van der Waals surface area (Å²) in [5.74, 6) is -1.35. The van der Waals surface area contributed by atoms with Gasteiger partial charge in [-0.2, -0.15) is 0 Å². The largest absolute Gasteiger partial charge is 0.503 e. The van der Waals surface area contributed by atoms with Crippen LogP contribution in [0.2, 0.25) is 0 Å². The zero-order valence-electron chi connectivity index (χ0n) is 16.0. The quantitative estimate of drug-likeness (QED) is 0.644. The van der Waals surface area contributed by atoms with E-state index >= 15 is 0 Å². The zero-order chi connectivity index (χ0) is 21.7. The van der Waals surface area contributed by atoms with E-state index in [-0.39, 0.29) is 39.5 Å². The molecular formula is C20H16F2N4O3S2. The number of pyridine rings is 1. The standard InChI is InChI=1S/C20H16F2N4O3S2/c21-11-3-2-10(13(22)7-11)6-14-23-24-19(31-14)12-8-25-9-15-26(4-1-5-30-15)20(29)16(25)18(28)17(12)27/h2-3,7-8,15,28H,1,4-6,9H2. The predicted molar refractivity (Wildman–Crippen MR) is 112 cm³/mol. The maximum atomic E-state index is 13.9. The summed E-state index contributed by atoms with van der Waals surface area (Å²) in [4.78, 5) is 27.3. The number of fused-ring (bicyclic) bond motifs is 2. The van der Waals surface area contributed by atoms with Gasteiger partial charge < -0.3 is 14.6 Å². The van der Waals surface area contributed by atoms with Crippen molar-refractivity contribution in [2.75, 3.05) is 12.3 Å². The van der Waals surface area contributed by atoms with Gasteiger partial charge in [0.05, 0.1) is 17.5 Å². The Morgan fingerprint density at radius 1 is 1.23 bits per heavy atom. The first kappa shape index (κ1) is 20.1. The maximum Gasteiger partial charge on any atom is 0.275 e. The van der Waals surface area contributed by atoms with Gasteiger partial charge in [0.2, 0.25) is 5.43 Å². The van der Waals surface area contributed by atoms with Crippen LogP contribution < -0.4 is 5.43 Å². The van der Waals surface area contributed by atoms with Gasteiger partial charge in [-0.25, -0.2) is 8.78 Å². The van der Waals surface area contributed by atoms with Crippen molar-refractivity contribution < 1.29 is 18.7 Å². The lowest BCUT2D eigenvalue weighted by Gasteiger charge is -2.40. The zero-order valence-corrected chi connectivity index (χ0v) is 17.7. The summed E-state index contributed by atoms with van der Waals surface area (Å²) >= 11 is 2.75. The topological polar surface area (TPSA) is 88.3 Å². The van der Waals surface area contributed by atoms with Gasteiger partial charge in [0.25, 0.3) is 5.91 Å². The van der Waals surface area contributed by atoms with Crippen LogP contribution in [0.4, 0.5) is 8.78 Å². The molecule has 1 atom stereocenters. The number of hydrogen-bond donors (Lipinski definition) is 1. The molecule has 1 unspecified atom stereocenters. The van der Waals surface area contributed by atoms with Crippen LogP contribution >= 0.6 is 23.1 Å². The number of aromatic nitrogens is 3. The van der Waals surface area contributed by atoms with E-state index in [1.807, 2.05) is 0 Å². The molecule has 1 aromatic carbocycles. The Balaban J connectivity index is 1.50. The molecule has 5 rings (SSSR count). The highest BCUT2D eigenvalue weighted by Gasteiger charge is 2.37. The number of amides is 1. The van der Waals surface area contributed by atoms with Crippen LogP contribution in [0.3, 0.4) is 0 Å². The molecule has 2 aliphatic rings. The molecule has 1 amide bonds. The number of hydrogen-bond acceptors (Lipinski definition) is 7. The number of carbonyl (C=O) groups excluding carboxylic acids is 1. The highest BCUT2D eigenvalue weighted by molar-refractivity contribution is 7.99. The number of thioether (sulfide) groups is 1. The highest BCUT2D eigenvalue weighted by atomic mass is 32.2. The molecule has 7 nitrogen and oxygen atoms in total. The minimum absolute atomic E-state index is 0.00868. The highest BCUT2D eigenvalue weighted by Crippen LogP contribution is 2.34. The minimum Gasteiger partial charge on any atom is -0.503 e. The molecule has 2 aliphatic heterocycles. The van der Waals surface area contributed by atoms with Gasteiger partial charge in [-0.3, -0.25) is 9.59 Å². The molecule has 0 saturated carbocycles. The lowest BCUT2D eigenvalue weighted by Crippen LogP contribution is -2.49. The molecule has 160 valence electrons. The third-order valence-electron chi connectivity index (χ3n) is 5.33. The van der Waals surface area contributed by atoms with Gasteiger partial charge in [0.1, 0.15) is 16.6 Å². The van der Waals surface area contributed by atoms with Gasteiger partial charge in [0, 0.05) is 25.2 Å². The third-order valence-corrected chi connectivity index (χ3v) is 7.60. The summed E-state index contributed by atoms with van der Waals surface area (Å²) in [5.41, 5.74) is -0.315. The van der Waals surface area contributed by atoms with Crippen molar-refractivity contribution in [2.45, 2.75) is 24.8 Å². The molecule has 1 saturated heterocycles. The molecule has 1 N–H and O–H groups in total. The molecule has 3 aromatic rings. The van der Waals surface area contributed by atoms with E-state index in [1.165, 1.54) is 12.3 Å². The Labute approximate surface area is 183 Å². The number of halogens is 2. The van der Waals surface area contributed by atoms with E-state index in [2.05, 4.69) is 10.2 Å². The van der Waals surface area contributed by atoms with Crippen molar-refractivity contribution in [3.8, 4) is 16.3 Å². The Morgan fingerprint density at radius 2 is 2.06 bits per heavy atom. The smallest absolute Gasteiger partial charge is 0.275 e. The second-order valence-corrected chi connectivity index (χ2v) is 9.66. The van der Waals surface area contributed by atoms with Crippen molar-refractivity contribution in [3.05, 3.63) is 62.5 Å². The summed E-state index contributed by atoms with van der Waals surface area (Å²) in [6, 6.07) is 3.30. The van der Waals surface area contributed by atoms with E-state index in [4.69, 9.17) is 0 Å². The third kappa shape index (κ3) is 3.51. The molecule has 0 bridgehead atoms. The number of nitrogens with zero attached hydrogens (tertiary/aromatic N) is 4. The fourth-order valence-electron chi connectivity index (χ4n) is 3.81. The number of aromatic hydroxyl groups is 1. The van der Waals surface area contributed by atoms with Crippen LogP contribution in [0, 0.1) is 11.6 Å². The minimum atomic E-state index is -0.696. The van der Waals surface area contributed by atoms with E-state index in [1.54, 1.807) is 21.2 Å². The summed E-state index contributed by atoms with van der Waals surface area (Å²) in [5, 5.41) is 19.2. The first-order valence-corrected chi connectivity index (χ1v) is 11.4. The fraction of sp³-hybridized carbons (Fsp3) is 0.300. The van der Waals surface area contributed by atoms with Crippen molar-refractivity contribution in [3.63, 3.8) is 0 Å². The molecule has 11 heteroatoms. The molecule has 31 heavy (non-hydrogen) atoms. The second-order valence-electron chi connectivity index (χ2n) is 7.31. The maximum absolute atomic E-state index is 13.9. The second kappa shape index (κ2) is 7.72. The lowest BCUT2D eigenvalue weighted by atomic mass is 10.1. The van der Waals surface area contributed by atoms with Gasteiger partial charge >= 0.3 is 0 Å². The molecule has 2 aromatic heterocycles. The van der Waals surface area contributed by atoms with Gasteiger partial charge in [0.15, 0.2) is 16.5 Å². The van der Waals surface area contributed by atoms with Gasteiger partial charge in [-0.1, -0.05) is 17.4 Å². The van der Waals surface area contributed by atoms with Crippen LogP contribution in [0.15, 0.2) is 29.2 Å². The number of rotatable bonds is 3. The first-order valence-electron chi connectivity index (χ1n) is 9.58. The summed E-state index contributed by atoms with van der Waals surface area (Å²) in [7, 11) is 0. The van der Waals surface area contributed by atoms with Gasteiger partial charge in [-0.15, -0.1) is 22.0 Å². The normalized spacial score (nSPS) is 18.1. The van der Waals surface area contributed by atoms with Gasteiger partial charge in [-0.05, 0) is 23.8 Å². The molecule has 0 radical (unpaired) electrons. The van der Waals surface area contributed by atoms with Crippen LogP contribution in [0.5, 0.6) is 5.75 Å². The van der Waals surface area contributed by atoms with E-state index in [0.717, 1.165) is 35.6 Å².